The lowest BCUT2D eigenvalue weighted by Crippen LogP contribution is -2.31. The van der Waals surface area contributed by atoms with Crippen LogP contribution in [-0.2, 0) is 14.4 Å². The van der Waals surface area contributed by atoms with Crippen LogP contribution >= 0.6 is 0 Å². The summed E-state index contributed by atoms with van der Waals surface area (Å²) in [7, 11) is 4.58. The number of hydrogen-bond donors (Lipinski definition) is 0. The molecule has 0 rings (SSSR count). The SMILES string of the molecule is C=C(/C=C(\C)C(C)C(=O)N(C)OC)OC. The fourth-order valence-corrected chi connectivity index (χ4v) is 0.995. The predicted octanol–water partition coefficient (Wildman–Crippen LogP) is 1.75. The summed E-state index contributed by atoms with van der Waals surface area (Å²) in [5, 5.41) is 1.21. The van der Waals surface area contributed by atoms with Crippen molar-refractivity contribution < 1.29 is 14.4 Å². The first-order valence-electron chi connectivity index (χ1n) is 4.66. The topological polar surface area (TPSA) is 38.8 Å². The van der Waals surface area contributed by atoms with Gasteiger partial charge in [0, 0.05) is 7.05 Å². The first-order chi connectivity index (χ1) is 6.93. The number of carbonyl (C=O) groups excluding carboxylic acids is 1. The summed E-state index contributed by atoms with van der Waals surface area (Å²) >= 11 is 0. The number of hydrogen-bond acceptors (Lipinski definition) is 3. The van der Waals surface area contributed by atoms with Gasteiger partial charge in [0.2, 0.25) is 0 Å². The van der Waals surface area contributed by atoms with Crippen LogP contribution in [0, 0.1) is 5.92 Å². The van der Waals surface area contributed by atoms with Gasteiger partial charge in [-0.3, -0.25) is 9.63 Å². The summed E-state index contributed by atoms with van der Waals surface area (Å²) in [6.45, 7) is 7.33. The molecule has 0 N–H and O–H groups in total. The predicted molar refractivity (Wildman–Crippen MR) is 58.8 cm³/mol. The largest absolute Gasteiger partial charge is 0.497 e. The molecule has 0 aromatic carbocycles. The Morgan fingerprint density at radius 2 is 2.00 bits per heavy atom. The Bertz CT molecular complexity index is 271. The maximum atomic E-state index is 11.7. The second-order valence-electron chi connectivity index (χ2n) is 3.30. The fourth-order valence-electron chi connectivity index (χ4n) is 0.995. The second kappa shape index (κ2) is 6.24. The van der Waals surface area contributed by atoms with Crippen LogP contribution in [0.3, 0.4) is 0 Å². The third kappa shape index (κ3) is 4.16. The Kier molecular flexibility index (Phi) is 5.70. The molecule has 0 aliphatic carbocycles. The first-order valence-corrected chi connectivity index (χ1v) is 4.66. The van der Waals surface area contributed by atoms with Crippen molar-refractivity contribution in [1.29, 1.82) is 0 Å². The van der Waals surface area contributed by atoms with E-state index in [-0.39, 0.29) is 11.8 Å². The van der Waals surface area contributed by atoms with Crippen molar-refractivity contribution >= 4 is 5.91 Å². The van der Waals surface area contributed by atoms with Crippen molar-refractivity contribution in [2.24, 2.45) is 5.92 Å². The lowest BCUT2D eigenvalue weighted by Gasteiger charge is -2.19. The van der Waals surface area contributed by atoms with Gasteiger partial charge in [0.05, 0.1) is 20.1 Å². The number of allylic oxidation sites excluding steroid dienone is 1. The molecule has 1 atom stereocenters. The van der Waals surface area contributed by atoms with Crippen molar-refractivity contribution in [1.82, 2.24) is 5.06 Å². The van der Waals surface area contributed by atoms with E-state index in [4.69, 9.17) is 9.57 Å². The van der Waals surface area contributed by atoms with Crippen molar-refractivity contribution in [3.8, 4) is 0 Å². The molecule has 1 unspecified atom stereocenters. The van der Waals surface area contributed by atoms with Gasteiger partial charge in [0.15, 0.2) is 0 Å². The Morgan fingerprint density at radius 1 is 1.47 bits per heavy atom. The van der Waals surface area contributed by atoms with Crippen molar-refractivity contribution in [2.75, 3.05) is 21.3 Å². The Labute approximate surface area is 91.1 Å². The number of nitrogens with zero attached hydrogens (tertiary/aromatic N) is 1. The number of rotatable bonds is 5. The lowest BCUT2D eigenvalue weighted by atomic mass is 10.0. The van der Waals surface area contributed by atoms with E-state index in [2.05, 4.69) is 6.58 Å². The summed E-state index contributed by atoms with van der Waals surface area (Å²) in [5.74, 6) is 0.184. The third-order valence-corrected chi connectivity index (χ3v) is 2.29. The molecule has 15 heavy (non-hydrogen) atoms. The summed E-state index contributed by atoms with van der Waals surface area (Å²) in [6.07, 6.45) is 1.74. The van der Waals surface area contributed by atoms with Crippen LogP contribution in [0.15, 0.2) is 24.0 Å². The maximum absolute atomic E-state index is 11.7. The monoisotopic (exact) mass is 213 g/mol. The van der Waals surface area contributed by atoms with E-state index in [9.17, 15) is 4.79 Å². The zero-order valence-electron chi connectivity index (χ0n) is 10.0. The first kappa shape index (κ1) is 13.7. The molecule has 0 aromatic heterocycles. The highest BCUT2D eigenvalue weighted by Gasteiger charge is 2.18. The van der Waals surface area contributed by atoms with Crippen LogP contribution in [0.5, 0.6) is 0 Å². The molecular formula is C11H19NO3. The van der Waals surface area contributed by atoms with Gasteiger partial charge in [0.1, 0.15) is 5.76 Å². The maximum Gasteiger partial charge on any atom is 0.252 e. The van der Waals surface area contributed by atoms with Gasteiger partial charge < -0.3 is 4.74 Å². The van der Waals surface area contributed by atoms with Crippen LogP contribution in [0.1, 0.15) is 13.8 Å². The molecule has 0 saturated heterocycles. The molecular weight excluding hydrogens is 194 g/mol. The van der Waals surface area contributed by atoms with E-state index in [1.807, 2.05) is 13.8 Å². The Morgan fingerprint density at radius 3 is 2.40 bits per heavy atom. The average molecular weight is 213 g/mol. The van der Waals surface area contributed by atoms with Gasteiger partial charge in [-0.2, -0.15) is 0 Å². The molecule has 0 fully saturated rings. The average Bonchev–Trinajstić information content (AvgIpc) is 2.25. The van der Waals surface area contributed by atoms with E-state index in [1.54, 1.807) is 20.2 Å². The highest BCUT2D eigenvalue weighted by Crippen LogP contribution is 2.14. The van der Waals surface area contributed by atoms with Crippen molar-refractivity contribution in [3.05, 3.63) is 24.0 Å². The van der Waals surface area contributed by atoms with Crippen LogP contribution < -0.4 is 0 Å². The van der Waals surface area contributed by atoms with E-state index >= 15 is 0 Å². The number of methoxy groups -OCH3 is 1. The standard InChI is InChI=1S/C11H19NO3/c1-8(7-9(2)14-5)10(3)11(13)12(4)15-6/h7,10H,2H2,1,3-6H3/b8-7+. The van der Waals surface area contributed by atoms with Crippen LogP contribution in [0.25, 0.3) is 0 Å². The molecule has 0 bridgehead atoms. The van der Waals surface area contributed by atoms with Gasteiger partial charge in [-0.15, -0.1) is 0 Å². The molecule has 0 heterocycles. The second-order valence-corrected chi connectivity index (χ2v) is 3.30. The van der Waals surface area contributed by atoms with E-state index in [1.165, 1.54) is 12.2 Å². The normalized spacial score (nSPS) is 13.3. The summed E-state index contributed by atoms with van der Waals surface area (Å²) in [6, 6.07) is 0. The number of hydroxylamine groups is 2. The van der Waals surface area contributed by atoms with Crippen LogP contribution in [0.4, 0.5) is 0 Å². The molecule has 0 aliphatic heterocycles. The highest BCUT2D eigenvalue weighted by atomic mass is 16.7. The quantitative estimate of drug-likeness (QED) is 0.397. The molecule has 4 heteroatoms. The zero-order chi connectivity index (χ0) is 12.0. The zero-order valence-corrected chi connectivity index (χ0v) is 10.0. The Hall–Kier alpha value is -1.29. The number of carbonyl (C=O) groups is 1. The molecule has 86 valence electrons. The van der Waals surface area contributed by atoms with Gasteiger partial charge in [-0.25, -0.2) is 5.06 Å². The molecule has 0 saturated carbocycles. The summed E-state index contributed by atoms with van der Waals surface area (Å²) in [4.78, 5) is 16.5. The van der Waals surface area contributed by atoms with Crippen LogP contribution in [0.2, 0.25) is 0 Å². The number of amides is 1. The molecule has 4 nitrogen and oxygen atoms in total. The van der Waals surface area contributed by atoms with Crippen molar-refractivity contribution in [3.63, 3.8) is 0 Å². The molecule has 0 radical (unpaired) electrons. The van der Waals surface area contributed by atoms with Gasteiger partial charge in [-0.05, 0) is 19.9 Å². The molecule has 1 amide bonds. The molecule has 0 aromatic rings. The number of ether oxygens (including phenoxy) is 1. The minimum Gasteiger partial charge on any atom is -0.497 e. The van der Waals surface area contributed by atoms with E-state index in [0.717, 1.165) is 5.57 Å². The minimum absolute atomic E-state index is 0.102. The lowest BCUT2D eigenvalue weighted by molar-refractivity contribution is -0.171. The van der Waals surface area contributed by atoms with Gasteiger partial charge in [0.25, 0.3) is 5.91 Å². The summed E-state index contributed by atoms with van der Waals surface area (Å²) < 4.78 is 4.91. The van der Waals surface area contributed by atoms with E-state index < -0.39 is 0 Å². The fraction of sp³-hybridized carbons (Fsp3) is 0.545. The molecule has 0 spiro atoms. The summed E-state index contributed by atoms with van der Waals surface area (Å²) in [5.41, 5.74) is 0.885. The Balaban J connectivity index is 4.57. The highest BCUT2D eigenvalue weighted by molar-refractivity contribution is 5.80. The van der Waals surface area contributed by atoms with Crippen molar-refractivity contribution in [2.45, 2.75) is 13.8 Å². The van der Waals surface area contributed by atoms with Crippen LogP contribution in [-0.4, -0.2) is 32.2 Å². The molecule has 0 aliphatic rings. The van der Waals surface area contributed by atoms with Gasteiger partial charge in [-0.1, -0.05) is 12.2 Å². The smallest absolute Gasteiger partial charge is 0.252 e. The third-order valence-electron chi connectivity index (χ3n) is 2.29. The van der Waals surface area contributed by atoms with E-state index in [0.29, 0.717) is 5.76 Å². The van der Waals surface area contributed by atoms with Gasteiger partial charge >= 0.3 is 0 Å². The minimum atomic E-state index is -0.248.